The first-order valence-electron chi connectivity index (χ1n) is 4.89. The summed E-state index contributed by atoms with van der Waals surface area (Å²) in [6.45, 7) is 0.469. The molecule has 0 amide bonds. The molecule has 0 saturated carbocycles. The lowest BCUT2D eigenvalue weighted by Crippen LogP contribution is -2.28. The van der Waals surface area contributed by atoms with Gasteiger partial charge in [-0.3, -0.25) is 9.48 Å². The minimum atomic E-state index is -3.60. The van der Waals surface area contributed by atoms with Crippen LogP contribution in [0.15, 0.2) is 17.3 Å². The van der Waals surface area contributed by atoms with Crippen molar-refractivity contribution in [2.24, 2.45) is 5.73 Å². The highest BCUT2D eigenvalue weighted by Crippen LogP contribution is 2.06. The lowest BCUT2D eigenvalue weighted by molar-refractivity contribution is -0.137. The van der Waals surface area contributed by atoms with E-state index in [4.69, 9.17) is 10.8 Å². The number of hydrogen-bond donors (Lipinski definition) is 3. The van der Waals surface area contributed by atoms with Gasteiger partial charge in [-0.2, -0.15) is 5.10 Å². The van der Waals surface area contributed by atoms with Crippen molar-refractivity contribution in [2.45, 2.75) is 17.9 Å². The number of hydrogen-bond acceptors (Lipinski definition) is 5. The molecule has 0 atom stereocenters. The maximum Gasteiger partial charge on any atom is 0.305 e. The zero-order valence-electron chi connectivity index (χ0n) is 9.04. The number of carbonyl (C=O) groups is 1. The van der Waals surface area contributed by atoms with E-state index in [0.29, 0.717) is 0 Å². The maximum absolute atomic E-state index is 11.6. The molecule has 9 heteroatoms. The first-order valence-corrected chi connectivity index (χ1v) is 6.38. The van der Waals surface area contributed by atoms with E-state index in [1.165, 1.54) is 17.1 Å². The monoisotopic (exact) mass is 262 g/mol. The van der Waals surface area contributed by atoms with E-state index in [0.717, 1.165) is 0 Å². The Kier molecular flexibility index (Phi) is 4.61. The van der Waals surface area contributed by atoms with Crippen LogP contribution in [0.2, 0.25) is 0 Å². The molecule has 96 valence electrons. The maximum atomic E-state index is 11.6. The fraction of sp³-hybridized carbons (Fsp3) is 0.500. The molecule has 17 heavy (non-hydrogen) atoms. The van der Waals surface area contributed by atoms with Crippen LogP contribution in [0.4, 0.5) is 0 Å². The molecule has 0 unspecified atom stereocenters. The van der Waals surface area contributed by atoms with Crippen LogP contribution in [-0.2, 0) is 21.4 Å². The van der Waals surface area contributed by atoms with E-state index in [-0.39, 0.29) is 31.0 Å². The zero-order chi connectivity index (χ0) is 12.9. The number of aliphatic carboxylic acids is 1. The first kappa shape index (κ1) is 13.6. The summed E-state index contributed by atoms with van der Waals surface area (Å²) in [4.78, 5) is 10.3. The second-order valence-electron chi connectivity index (χ2n) is 3.27. The van der Waals surface area contributed by atoms with Crippen LogP contribution in [0.25, 0.3) is 0 Å². The Hall–Kier alpha value is -1.45. The van der Waals surface area contributed by atoms with Crippen molar-refractivity contribution in [3.05, 3.63) is 12.4 Å². The molecule has 0 aliphatic heterocycles. The molecule has 1 heterocycles. The lowest BCUT2D eigenvalue weighted by atomic mass is 10.4. The average Bonchev–Trinajstić information content (AvgIpc) is 2.73. The molecule has 0 aromatic carbocycles. The van der Waals surface area contributed by atoms with Crippen LogP contribution in [0.3, 0.4) is 0 Å². The van der Waals surface area contributed by atoms with Crippen molar-refractivity contribution in [1.82, 2.24) is 14.5 Å². The molecule has 0 saturated heterocycles. The van der Waals surface area contributed by atoms with Gasteiger partial charge in [0.2, 0.25) is 10.0 Å². The van der Waals surface area contributed by atoms with E-state index in [9.17, 15) is 13.2 Å². The molecule has 8 nitrogen and oxygen atoms in total. The third-order valence-corrected chi connectivity index (χ3v) is 3.33. The summed E-state index contributed by atoms with van der Waals surface area (Å²) in [6, 6.07) is 0. The minimum Gasteiger partial charge on any atom is -0.481 e. The van der Waals surface area contributed by atoms with Gasteiger partial charge >= 0.3 is 5.97 Å². The molecule has 0 spiro atoms. The Balaban J connectivity index is 2.70. The van der Waals surface area contributed by atoms with E-state index in [1.807, 2.05) is 0 Å². The van der Waals surface area contributed by atoms with Gasteiger partial charge in [0, 0.05) is 19.3 Å². The largest absolute Gasteiger partial charge is 0.481 e. The number of aromatic nitrogens is 2. The molecule has 1 aromatic heterocycles. The normalized spacial score (nSPS) is 11.6. The fourth-order valence-electron chi connectivity index (χ4n) is 1.09. The lowest BCUT2D eigenvalue weighted by Gasteiger charge is -2.01. The Bertz CT molecular complexity index is 481. The van der Waals surface area contributed by atoms with Crippen LogP contribution < -0.4 is 10.5 Å². The SMILES string of the molecule is NCCNS(=O)(=O)c1cnn(CCC(=O)O)c1. The highest BCUT2D eigenvalue weighted by Gasteiger charge is 2.15. The van der Waals surface area contributed by atoms with E-state index in [1.54, 1.807) is 0 Å². The standard InChI is InChI=1S/C8H14N4O4S/c9-2-3-11-17(15,16)7-5-10-12(6-7)4-1-8(13)14/h5-6,11H,1-4,9H2,(H,13,14). The molecular weight excluding hydrogens is 248 g/mol. The van der Waals surface area contributed by atoms with Crippen molar-refractivity contribution in [3.63, 3.8) is 0 Å². The highest BCUT2D eigenvalue weighted by atomic mass is 32.2. The Morgan fingerprint density at radius 1 is 1.59 bits per heavy atom. The van der Waals surface area contributed by atoms with Gasteiger partial charge in [-0.25, -0.2) is 13.1 Å². The number of carboxylic acid groups (broad SMARTS) is 1. The number of rotatable bonds is 7. The summed E-state index contributed by atoms with van der Waals surface area (Å²) in [6.07, 6.45) is 2.33. The van der Waals surface area contributed by atoms with Crippen molar-refractivity contribution < 1.29 is 18.3 Å². The fourth-order valence-corrected chi connectivity index (χ4v) is 2.09. The van der Waals surface area contributed by atoms with Gasteiger partial charge in [-0.1, -0.05) is 0 Å². The predicted molar refractivity (Wildman–Crippen MR) is 58.7 cm³/mol. The molecule has 0 bridgehead atoms. The third-order valence-electron chi connectivity index (χ3n) is 1.91. The first-order chi connectivity index (χ1) is 7.95. The van der Waals surface area contributed by atoms with Crippen molar-refractivity contribution >= 4 is 16.0 Å². The molecule has 0 aliphatic rings. The molecule has 1 rings (SSSR count). The molecule has 0 fully saturated rings. The summed E-state index contributed by atoms with van der Waals surface area (Å²) in [7, 11) is -3.60. The Labute approximate surface area is 98.5 Å². The van der Waals surface area contributed by atoms with Crippen LogP contribution in [0.1, 0.15) is 6.42 Å². The van der Waals surface area contributed by atoms with Gasteiger partial charge in [-0.15, -0.1) is 0 Å². The smallest absolute Gasteiger partial charge is 0.305 e. The van der Waals surface area contributed by atoms with E-state index in [2.05, 4.69) is 9.82 Å². The van der Waals surface area contributed by atoms with Gasteiger partial charge in [0.25, 0.3) is 0 Å². The summed E-state index contributed by atoms with van der Waals surface area (Å²) in [5.74, 6) is -0.967. The van der Waals surface area contributed by atoms with Gasteiger partial charge in [0.1, 0.15) is 4.90 Å². The zero-order valence-corrected chi connectivity index (χ0v) is 9.85. The minimum absolute atomic E-state index is 0.00339. The van der Waals surface area contributed by atoms with E-state index >= 15 is 0 Å². The molecule has 4 N–H and O–H groups in total. The summed E-state index contributed by atoms with van der Waals surface area (Å²) >= 11 is 0. The molecular formula is C8H14N4O4S. The molecule has 0 radical (unpaired) electrons. The molecule has 1 aromatic rings. The summed E-state index contributed by atoms with van der Waals surface area (Å²) in [5.41, 5.74) is 5.19. The van der Waals surface area contributed by atoms with Crippen molar-refractivity contribution in [2.75, 3.05) is 13.1 Å². The van der Waals surface area contributed by atoms with Crippen LogP contribution in [0.5, 0.6) is 0 Å². The van der Waals surface area contributed by atoms with Crippen LogP contribution >= 0.6 is 0 Å². The number of sulfonamides is 1. The highest BCUT2D eigenvalue weighted by molar-refractivity contribution is 7.89. The second-order valence-corrected chi connectivity index (χ2v) is 5.04. The topological polar surface area (TPSA) is 127 Å². The number of aryl methyl sites for hydroxylation is 1. The van der Waals surface area contributed by atoms with Gasteiger partial charge in [-0.05, 0) is 0 Å². The van der Waals surface area contributed by atoms with E-state index < -0.39 is 16.0 Å². The average molecular weight is 262 g/mol. The summed E-state index contributed by atoms with van der Waals surface area (Å²) < 4.78 is 26.8. The van der Waals surface area contributed by atoms with Crippen LogP contribution in [-0.4, -0.2) is 42.4 Å². The number of nitrogens with two attached hydrogens (primary N) is 1. The number of carboxylic acids is 1. The predicted octanol–water partition coefficient (Wildman–Crippen LogP) is -1.41. The second kappa shape index (κ2) is 5.75. The quantitative estimate of drug-likeness (QED) is 0.554. The molecule has 0 aliphatic carbocycles. The van der Waals surface area contributed by atoms with Gasteiger partial charge in [0.05, 0.1) is 19.2 Å². The third kappa shape index (κ3) is 4.13. The Morgan fingerprint density at radius 3 is 2.88 bits per heavy atom. The van der Waals surface area contributed by atoms with Crippen molar-refractivity contribution in [1.29, 1.82) is 0 Å². The number of nitrogens with zero attached hydrogens (tertiary/aromatic N) is 2. The van der Waals surface area contributed by atoms with Crippen molar-refractivity contribution in [3.8, 4) is 0 Å². The van der Waals surface area contributed by atoms with Crippen LogP contribution in [0, 0.1) is 0 Å². The Morgan fingerprint density at radius 2 is 2.29 bits per heavy atom. The van der Waals surface area contributed by atoms with Gasteiger partial charge < -0.3 is 10.8 Å². The number of nitrogens with one attached hydrogen (secondary N) is 1. The van der Waals surface area contributed by atoms with Gasteiger partial charge in [0.15, 0.2) is 0 Å². The summed E-state index contributed by atoms with van der Waals surface area (Å²) in [5, 5.41) is 12.2.